The number of nitrogens with one attached hydrogen (secondary N) is 1. The van der Waals surface area contributed by atoms with E-state index in [1.807, 2.05) is 24.4 Å². The Bertz CT molecular complexity index is 942. The van der Waals surface area contributed by atoms with Crippen LogP contribution < -0.4 is 5.73 Å². The van der Waals surface area contributed by atoms with Crippen LogP contribution in [0, 0.1) is 0 Å². The Balaban J connectivity index is 1.50. The summed E-state index contributed by atoms with van der Waals surface area (Å²) in [6.07, 6.45) is 8.01. The molecule has 134 valence electrons. The number of fused-ring (bicyclic) bond motifs is 1. The zero-order valence-corrected chi connectivity index (χ0v) is 15.2. The van der Waals surface area contributed by atoms with Gasteiger partial charge in [0.15, 0.2) is 0 Å². The molecular formula is C21H25N5. The van der Waals surface area contributed by atoms with E-state index in [4.69, 9.17) is 15.7 Å². The average Bonchev–Trinajstić information content (AvgIpc) is 3.41. The molecule has 1 aliphatic carbocycles. The number of rotatable bonds is 3. The molecule has 26 heavy (non-hydrogen) atoms. The van der Waals surface area contributed by atoms with Crippen LogP contribution in [0.25, 0.3) is 11.0 Å². The highest BCUT2D eigenvalue weighted by Crippen LogP contribution is 2.46. The highest BCUT2D eigenvalue weighted by molar-refractivity contribution is 5.86. The number of likely N-dealkylation sites (tertiary alicyclic amines) is 1. The molecule has 5 heteroatoms. The number of nitrogens with zero attached hydrogens (tertiary/aromatic N) is 3. The number of aromatic nitrogens is 3. The van der Waals surface area contributed by atoms with E-state index >= 15 is 0 Å². The maximum absolute atomic E-state index is 6.11. The van der Waals surface area contributed by atoms with Crippen LogP contribution in [0.3, 0.4) is 0 Å². The molecular weight excluding hydrogens is 322 g/mol. The van der Waals surface area contributed by atoms with E-state index in [0.29, 0.717) is 6.04 Å². The predicted molar refractivity (Wildman–Crippen MR) is 104 cm³/mol. The maximum atomic E-state index is 6.11. The average molecular weight is 347 g/mol. The molecule has 0 amide bonds. The third-order valence-corrected chi connectivity index (χ3v) is 6.02. The first kappa shape index (κ1) is 15.8. The van der Waals surface area contributed by atoms with Gasteiger partial charge in [-0.1, -0.05) is 12.1 Å². The Morgan fingerprint density at radius 1 is 1.08 bits per heavy atom. The van der Waals surface area contributed by atoms with E-state index in [1.54, 1.807) is 0 Å². The van der Waals surface area contributed by atoms with Gasteiger partial charge in [0.2, 0.25) is 0 Å². The van der Waals surface area contributed by atoms with Gasteiger partial charge in [-0.2, -0.15) is 0 Å². The molecule has 1 saturated carbocycles. The van der Waals surface area contributed by atoms with Gasteiger partial charge in [0.25, 0.3) is 0 Å². The fourth-order valence-electron chi connectivity index (χ4n) is 4.47. The van der Waals surface area contributed by atoms with Gasteiger partial charge in [0, 0.05) is 6.20 Å². The minimum absolute atomic E-state index is 0.273. The number of H-pyrrole nitrogens is 1. The van der Waals surface area contributed by atoms with Crippen molar-refractivity contribution < 1.29 is 0 Å². The standard InChI is InChI=1S/C21H25N5/c1-26-17(19-14(13-10-11-13)5-4-12-23-19)8-3-9-18(26)21-24-16-7-2-6-15(22)20(16)25-21/h2,4-7,12-13,17-18H,3,8-11,22H2,1H3,(H,24,25)/t17-,18+/m1/s1. The number of nitrogen functional groups attached to an aromatic ring is 1. The number of hydrogen-bond acceptors (Lipinski definition) is 4. The molecule has 0 unspecified atom stereocenters. The van der Waals surface area contributed by atoms with Crippen LogP contribution in [-0.2, 0) is 0 Å². The lowest BCUT2D eigenvalue weighted by atomic mass is 9.90. The molecule has 0 bridgehead atoms. The summed E-state index contributed by atoms with van der Waals surface area (Å²) in [7, 11) is 2.22. The van der Waals surface area contributed by atoms with Gasteiger partial charge in [-0.05, 0) is 68.8 Å². The van der Waals surface area contributed by atoms with Gasteiger partial charge in [0.05, 0.1) is 29.0 Å². The van der Waals surface area contributed by atoms with Crippen molar-refractivity contribution in [1.82, 2.24) is 19.9 Å². The van der Waals surface area contributed by atoms with Gasteiger partial charge >= 0.3 is 0 Å². The van der Waals surface area contributed by atoms with Crippen LogP contribution in [0.5, 0.6) is 0 Å². The van der Waals surface area contributed by atoms with Crippen molar-refractivity contribution in [1.29, 1.82) is 0 Å². The van der Waals surface area contributed by atoms with E-state index in [-0.39, 0.29) is 6.04 Å². The molecule has 2 fully saturated rings. The largest absolute Gasteiger partial charge is 0.397 e. The lowest BCUT2D eigenvalue weighted by Crippen LogP contribution is -2.34. The van der Waals surface area contributed by atoms with E-state index in [9.17, 15) is 0 Å². The SMILES string of the molecule is CN1[C@@H](c2ncccc2C2CC2)CCC[C@H]1c1nc2c(N)cccc2[nH]1. The molecule has 3 heterocycles. The van der Waals surface area contributed by atoms with Crippen LogP contribution >= 0.6 is 0 Å². The second kappa shape index (κ2) is 6.09. The first-order valence-electron chi connectivity index (χ1n) is 9.63. The van der Waals surface area contributed by atoms with Crippen molar-refractivity contribution >= 4 is 16.7 Å². The lowest BCUT2D eigenvalue weighted by molar-refractivity contribution is 0.106. The number of benzene rings is 1. The molecule has 1 aliphatic heterocycles. The number of pyridine rings is 1. The zero-order chi connectivity index (χ0) is 17.7. The summed E-state index contributed by atoms with van der Waals surface area (Å²) < 4.78 is 0. The number of piperidine rings is 1. The number of anilines is 1. The number of aromatic amines is 1. The smallest absolute Gasteiger partial charge is 0.124 e. The highest BCUT2D eigenvalue weighted by Gasteiger charge is 2.36. The fourth-order valence-corrected chi connectivity index (χ4v) is 4.47. The zero-order valence-electron chi connectivity index (χ0n) is 15.2. The summed E-state index contributed by atoms with van der Waals surface area (Å²) in [5.41, 5.74) is 11.5. The lowest BCUT2D eigenvalue weighted by Gasteiger charge is -2.39. The Morgan fingerprint density at radius 3 is 2.73 bits per heavy atom. The first-order chi connectivity index (χ1) is 12.7. The fraction of sp³-hybridized carbons (Fsp3) is 0.429. The van der Waals surface area contributed by atoms with Gasteiger partial charge in [-0.15, -0.1) is 0 Å². The van der Waals surface area contributed by atoms with Crippen LogP contribution in [-0.4, -0.2) is 26.9 Å². The van der Waals surface area contributed by atoms with Crippen molar-refractivity contribution in [2.24, 2.45) is 0 Å². The summed E-state index contributed by atoms with van der Waals surface area (Å²) in [5.74, 6) is 1.74. The molecule has 0 radical (unpaired) electrons. The van der Waals surface area contributed by atoms with Crippen LogP contribution in [0.15, 0.2) is 36.5 Å². The molecule has 2 aromatic heterocycles. The summed E-state index contributed by atoms with van der Waals surface area (Å²) in [4.78, 5) is 15.6. The van der Waals surface area contributed by atoms with Crippen molar-refractivity contribution in [2.45, 2.75) is 50.1 Å². The van der Waals surface area contributed by atoms with Crippen molar-refractivity contribution in [2.75, 3.05) is 12.8 Å². The van der Waals surface area contributed by atoms with Crippen LogP contribution in [0.2, 0.25) is 0 Å². The van der Waals surface area contributed by atoms with E-state index in [1.165, 1.54) is 30.5 Å². The molecule has 5 rings (SSSR count). The Labute approximate surface area is 153 Å². The summed E-state index contributed by atoms with van der Waals surface area (Å²) >= 11 is 0. The topological polar surface area (TPSA) is 70.8 Å². The summed E-state index contributed by atoms with van der Waals surface area (Å²) in [6, 6.07) is 10.9. The van der Waals surface area contributed by atoms with E-state index in [2.05, 4.69) is 29.1 Å². The minimum Gasteiger partial charge on any atom is -0.397 e. The molecule has 1 aromatic carbocycles. The Morgan fingerprint density at radius 2 is 1.92 bits per heavy atom. The third kappa shape index (κ3) is 2.58. The van der Waals surface area contributed by atoms with Crippen molar-refractivity contribution in [3.63, 3.8) is 0 Å². The molecule has 3 aromatic rings. The summed E-state index contributed by atoms with van der Waals surface area (Å²) in [6.45, 7) is 0. The summed E-state index contributed by atoms with van der Waals surface area (Å²) in [5, 5.41) is 0. The van der Waals surface area contributed by atoms with Crippen LogP contribution in [0.1, 0.15) is 67.2 Å². The van der Waals surface area contributed by atoms with Crippen molar-refractivity contribution in [3.8, 4) is 0 Å². The quantitative estimate of drug-likeness (QED) is 0.692. The number of para-hydroxylation sites is 1. The minimum atomic E-state index is 0.273. The third-order valence-electron chi connectivity index (χ3n) is 6.02. The van der Waals surface area contributed by atoms with Gasteiger partial charge < -0.3 is 10.7 Å². The van der Waals surface area contributed by atoms with E-state index < -0.39 is 0 Å². The molecule has 1 saturated heterocycles. The molecule has 2 atom stereocenters. The van der Waals surface area contributed by atoms with Gasteiger partial charge in [-0.3, -0.25) is 9.88 Å². The van der Waals surface area contributed by atoms with E-state index in [0.717, 1.165) is 41.3 Å². The highest BCUT2D eigenvalue weighted by atomic mass is 15.2. The van der Waals surface area contributed by atoms with Gasteiger partial charge in [0.1, 0.15) is 11.3 Å². The Kier molecular flexibility index (Phi) is 3.71. The predicted octanol–water partition coefficient (Wildman–Crippen LogP) is 4.32. The molecule has 2 aliphatic rings. The first-order valence-corrected chi connectivity index (χ1v) is 9.63. The maximum Gasteiger partial charge on any atom is 0.124 e. The number of imidazole rings is 1. The van der Waals surface area contributed by atoms with Crippen molar-refractivity contribution in [3.05, 3.63) is 53.6 Å². The number of hydrogen-bond donors (Lipinski definition) is 2. The molecule has 5 nitrogen and oxygen atoms in total. The normalized spacial score (nSPS) is 24.2. The molecule has 0 spiro atoms. The van der Waals surface area contributed by atoms with Gasteiger partial charge in [-0.25, -0.2) is 4.98 Å². The molecule has 3 N–H and O–H groups in total. The second-order valence-corrected chi connectivity index (χ2v) is 7.75. The second-order valence-electron chi connectivity index (χ2n) is 7.75. The Hall–Kier alpha value is -2.40. The monoisotopic (exact) mass is 347 g/mol. The number of nitrogens with two attached hydrogens (primary N) is 1. The van der Waals surface area contributed by atoms with Crippen LogP contribution in [0.4, 0.5) is 5.69 Å².